The van der Waals surface area contributed by atoms with Crippen LogP contribution in [-0.2, 0) is 7.05 Å². The molecule has 2 unspecified atom stereocenters. The second kappa shape index (κ2) is 5.46. The van der Waals surface area contributed by atoms with Gasteiger partial charge in [0.1, 0.15) is 5.56 Å². The van der Waals surface area contributed by atoms with Gasteiger partial charge in [-0.3, -0.25) is 9.48 Å². The van der Waals surface area contributed by atoms with Crippen molar-refractivity contribution in [3.8, 4) is 5.88 Å². The van der Waals surface area contributed by atoms with Crippen LogP contribution in [0.15, 0.2) is 6.20 Å². The van der Waals surface area contributed by atoms with Crippen molar-refractivity contribution in [3.63, 3.8) is 0 Å². The molecule has 1 amide bonds. The zero-order valence-corrected chi connectivity index (χ0v) is 13.1. The highest BCUT2D eigenvalue weighted by molar-refractivity contribution is 5.96. The Bertz CT molecular complexity index is 493. The summed E-state index contributed by atoms with van der Waals surface area (Å²) in [6.07, 6.45) is 4.98. The number of hydrogen-bond donors (Lipinski definition) is 1. The molecule has 0 aromatic carbocycles. The molecule has 5 heteroatoms. The van der Waals surface area contributed by atoms with E-state index in [0.29, 0.717) is 17.4 Å². The van der Waals surface area contributed by atoms with Crippen LogP contribution in [0, 0.1) is 11.3 Å². The van der Waals surface area contributed by atoms with Crippen molar-refractivity contribution in [3.05, 3.63) is 11.8 Å². The molecule has 1 aliphatic rings. The topological polar surface area (TPSA) is 56.2 Å². The highest BCUT2D eigenvalue weighted by atomic mass is 16.5. The maximum Gasteiger partial charge on any atom is 0.258 e. The van der Waals surface area contributed by atoms with Gasteiger partial charge in [-0.15, -0.1) is 5.10 Å². The van der Waals surface area contributed by atoms with E-state index in [1.54, 1.807) is 17.9 Å². The van der Waals surface area contributed by atoms with Gasteiger partial charge in [0, 0.05) is 19.3 Å². The summed E-state index contributed by atoms with van der Waals surface area (Å²) in [6.45, 7) is 6.80. The third-order valence-electron chi connectivity index (χ3n) is 3.96. The van der Waals surface area contributed by atoms with Crippen LogP contribution in [0.2, 0.25) is 0 Å². The van der Waals surface area contributed by atoms with E-state index < -0.39 is 0 Å². The molecule has 20 heavy (non-hydrogen) atoms. The zero-order valence-electron chi connectivity index (χ0n) is 13.1. The minimum absolute atomic E-state index is 0.0927. The van der Waals surface area contributed by atoms with Crippen molar-refractivity contribution in [2.45, 2.75) is 46.1 Å². The Balaban J connectivity index is 2.07. The van der Waals surface area contributed by atoms with E-state index >= 15 is 0 Å². The predicted octanol–water partition coefficient (Wildman–Crippen LogP) is 2.37. The van der Waals surface area contributed by atoms with Crippen molar-refractivity contribution in [1.29, 1.82) is 0 Å². The molecule has 2 rings (SSSR count). The van der Waals surface area contributed by atoms with Crippen molar-refractivity contribution in [1.82, 2.24) is 15.1 Å². The quantitative estimate of drug-likeness (QED) is 0.924. The molecule has 112 valence electrons. The molecule has 0 bridgehead atoms. The van der Waals surface area contributed by atoms with Gasteiger partial charge in [0.2, 0.25) is 5.88 Å². The number of hydrogen-bond acceptors (Lipinski definition) is 3. The fourth-order valence-electron chi connectivity index (χ4n) is 3.49. The first-order valence-corrected chi connectivity index (χ1v) is 7.19. The number of carbonyl (C=O) groups is 1. The third kappa shape index (κ3) is 3.32. The van der Waals surface area contributed by atoms with E-state index in [4.69, 9.17) is 4.74 Å². The van der Waals surface area contributed by atoms with Crippen LogP contribution in [0.25, 0.3) is 0 Å². The number of carbonyl (C=O) groups excluding carboxylic acids is 1. The first kappa shape index (κ1) is 14.9. The molecular formula is C15H25N3O2. The third-order valence-corrected chi connectivity index (χ3v) is 3.96. The maximum atomic E-state index is 12.4. The summed E-state index contributed by atoms with van der Waals surface area (Å²) >= 11 is 0. The van der Waals surface area contributed by atoms with Gasteiger partial charge >= 0.3 is 0 Å². The Morgan fingerprint density at radius 1 is 1.50 bits per heavy atom. The standard InChI is InChI=1S/C15H25N3O2/c1-10-6-11(8-15(2,3)7-10)16-13(19)12-9-18(4)17-14(12)20-5/h9-11H,6-8H2,1-5H3,(H,16,19). The van der Waals surface area contributed by atoms with Crippen LogP contribution in [-0.4, -0.2) is 28.8 Å². The van der Waals surface area contributed by atoms with E-state index in [2.05, 4.69) is 31.2 Å². The number of aryl methyl sites for hydroxylation is 1. The number of methoxy groups -OCH3 is 1. The molecular weight excluding hydrogens is 254 g/mol. The van der Waals surface area contributed by atoms with E-state index in [-0.39, 0.29) is 17.4 Å². The Morgan fingerprint density at radius 2 is 2.20 bits per heavy atom. The molecule has 2 atom stereocenters. The lowest BCUT2D eigenvalue weighted by Crippen LogP contribution is -2.43. The monoisotopic (exact) mass is 279 g/mol. The summed E-state index contributed by atoms with van der Waals surface area (Å²) in [7, 11) is 3.32. The fraction of sp³-hybridized carbons (Fsp3) is 0.733. The Morgan fingerprint density at radius 3 is 2.80 bits per heavy atom. The Hall–Kier alpha value is -1.52. The molecule has 1 N–H and O–H groups in total. The normalized spacial score (nSPS) is 25.2. The SMILES string of the molecule is COc1nn(C)cc1C(=O)NC1CC(C)CC(C)(C)C1. The molecule has 1 saturated carbocycles. The minimum atomic E-state index is -0.0927. The van der Waals surface area contributed by atoms with Crippen molar-refractivity contribution >= 4 is 5.91 Å². The van der Waals surface area contributed by atoms with Gasteiger partial charge in [0.25, 0.3) is 5.91 Å². The first-order chi connectivity index (χ1) is 9.30. The lowest BCUT2D eigenvalue weighted by Gasteiger charge is -2.39. The summed E-state index contributed by atoms with van der Waals surface area (Å²) in [5.74, 6) is 0.929. The molecule has 1 aromatic heterocycles. The minimum Gasteiger partial charge on any atom is -0.479 e. The summed E-state index contributed by atoms with van der Waals surface area (Å²) in [4.78, 5) is 12.4. The van der Waals surface area contributed by atoms with E-state index in [1.165, 1.54) is 13.5 Å². The van der Waals surface area contributed by atoms with Gasteiger partial charge in [-0.2, -0.15) is 0 Å². The van der Waals surface area contributed by atoms with E-state index in [1.807, 2.05) is 0 Å². The van der Waals surface area contributed by atoms with Crippen molar-refractivity contribution < 1.29 is 9.53 Å². The highest BCUT2D eigenvalue weighted by Gasteiger charge is 2.33. The molecule has 1 fully saturated rings. The van der Waals surface area contributed by atoms with E-state index in [0.717, 1.165) is 12.8 Å². The molecule has 1 aliphatic carbocycles. The summed E-state index contributed by atoms with van der Waals surface area (Å²) in [6, 6.07) is 0.228. The molecule has 0 radical (unpaired) electrons. The molecule has 0 saturated heterocycles. The number of aromatic nitrogens is 2. The lowest BCUT2D eigenvalue weighted by molar-refractivity contribution is 0.0871. The summed E-state index contributed by atoms with van der Waals surface area (Å²) in [5.41, 5.74) is 0.792. The van der Waals surface area contributed by atoms with Crippen LogP contribution >= 0.6 is 0 Å². The van der Waals surface area contributed by atoms with Gasteiger partial charge in [-0.05, 0) is 30.6 Å². The zero-order chi connectivity index (χ0) is 14.9. The second-order valence-electron chi connectivity index (χ2n) is 6.81. The first-order valence-electron chi connectivity index (χ1n) is 7.19. The second-order valence-corrected chi connectivity index (χ2v) is 6.81. The van der Waals surface area contributed by atoms with Crippen molar-refractivity contribution in [2.75, 3.05) is 7.11 Å². The van der Waals surface area contributed by atoms with Gasteiger partial charge in [0.05, 0.1) is 7.11 Å². The Kier molecular flexibility index (Phi) is 4.06. The number of nitrogens with one attached hydrogen (secondary N) is 1. The highest BCUT2D eigenvalue weighted by Crippen LogP contribution is 2.38. The molecule has 0 aliphatic heterocycles. The number of rotatable bonds is 3. The molecule has 1 heterocycles. The molecule has 5 nitrogen and oxygen atoms in total. The van der Waals surface area contributed by atoms with Gasteiger partial charge in [-0.25, -0.2) is 0 Å². The van der Waals surface area contributed by atoms with Crippen molar-refractivity contribution in [2.24, 2.45) is 18.4 Å². The fourth-order valence-corrected chi connectivity index (χ4v) is 3.49. The van der Waals surface area contributed by atoms with Gasteiger partial charge in [0.15, 0.2) is 0 Å². The summed E-state index contributed by atoms with van der Waals surface area (Å²) < 4.78 is 6.74. The molecule has 0 spiro atoms. The number of amides is 1. The van der Waals surface area contributed by atoms with Crippen LogP contribution in [0.1, 0.15) is 50.4 Å². The summed E-state index contributed by atoms with van der Waals surface area (Å²) in [5, 5.41) is 7.26. The van der Waals surface area contributed by atoms with Crippen LogP contribution in [0.3, 0.4) is 0 Å². The Labute approximate surface area is 120 Å². The van der Waals surface area contributed by atoms with Gasteiger partial charge in [-0.1, -0.05) is 20.8 Å². The molecule has 1 aromatic rings. The van der Waals surface area contributed by atoms with Crippen LogP contribution < -0.4 is 10.1 Å². The smallest absolute Gasteiger partial charge is 0.258 e. The van der Waals surface area contributed by atoms with Gasteiger partial charge < -0.3 is 10.1 Å². The van der Waals surface area contributed by atoms with E-state index in [9.17, 15) is 4.79 Å². The van der Waals surface area contributed by atoms with Crippen LogP contribution in [0.4, 0.5) is 0 Å². The largest absolute Gasteiger partial charge is 0.479 e. The maximum absolute atomic E-state index is 12.4. The number of nitrogens with zero attached hydrogens (tertiary/aromatic N) is 2. The average Bonchev–Trinajstić information content (AvgIpc) is 2.67. The lowest BCUT2D eigenvalue weighted by atomic mass is 9.70. The van der Waals surface area contributed by atoms with Crippen LogP contribution in [0.5, 0.6) is 5.88 Å². The predicted molar refractivity (Wildman–Crippen MR) is 77.8 cm³/mol. The number of ether oxygens (including phenoxy) is 1. The average molecular weight is 279 g/mol.